The fourth-order valence-electron chi connectivity index (χ4n) is 3.45. The van der Waals surface area contributed by atoms with Crippen LogP contribution in [0.15, 0.2) is 24.4 Å². The molecule has 3 N–H and O–H groups in total. The second-order valence-corrected chi connectivity index (χ2v) is 13.1. The van der Waals surface area contributed by atoms with E-state index in [-0.39, 0.29) is 33.5 Å². The lowest BCUT2D eigenvalue weighted by Gasteiger charge is -2.14. The number of amides is 1. The quantitative estimate of drug-likeness (QED) is 0.272. The molecule has 0 aliphatic heterocycles. The normalized spacial score (nSPS) is 12.6. The number of ether oxygens (including phenoxy) is 1. The Labute approximate surface area is 236 Å². The van der Waals surface area contributed by atoms with E-state index in [0.717, 1.165) is 11.1 Å². The Morgan fingerprint density at radius 3 is 2.62 bits per heavy atom. The number of hydrogen-bond donors (Lipinski definition) is 3. The summed E-state index contributed by atoms with van der Waals surface area (Å²) < 4.78 is 46.6. The van der Waals surface area contributed by atoms with Crippen LogP contribution < -0.4 is 15.4 Å². The van der Waals surface area contributed by atoms with Crippen molar-refractivity contribution in [3.8, 4) is 21.8 Å². The molecule has 1 atom stereocenters. The minimum atomic E-state index is -3.71. The molecule has 10 nitrogen and oxygen atoms in total. The summed E-state index contributed by atoms with van der Waals surface area (Å²) in [6.07, 6.45) is 1.41. The number of methoxy groups -OCH3 is 1. The van der Waals surface area contributed by atoms with E-state index in [1.807, 2.05) is 20.8 Å². The second kappa shape index (κ2) is 12.4. The Morgan fingerprint density at radius 1 is 1.26 bits per heavy atom. The highest BCUT2D eigenvalue weighted by Crippen LogP contribution is 2.44. The van der Waals surface area contributed by atoms with Crippen molar-refractivity contribution in [3.63, 3.8) is 0 Å². The number of hydrogen-bond acceptors (Lipinski definition) is 9. The van der Waals surface area contributed by atoms with Gasteiger partial charge in [0.25, 0.3) is 0 Å². The van der Waals surface area contributed by atoms with Gasteiger partial charge in [0.1, 0.15) is 5.82 Å². The number of sulfonamides is 1. The summed E-state index contributed by atoms with van der Waals surface area (Å²) in [5, 5.41) is 6.51. The van der Waals surface area contributed by atoms with Crippen molar-refractivity contribution in [2.75, 3.05) is 29.4 Å². The molecule has 0 radical (unpaired) electrons. The maximum Gasteiger partial charge on any atom is 0.407 e. The number of aromatic nitrogens is 3. The van der Waals surface area contributed by atoms with E-state index in [2.05, 4.69) is 30.1 Å². The van der Waals surface area contributed by atoms with Crippen LogP contribution in [-0.4, -0.2) is 54.9 Å². The van der Waals surface area contributed by atoms with Gasteiger partial charge in [-0.25, -0.2) is 32.6 Å². The molecule has 0 aliphatic carbocycles. The molecule has 14 heteroatoms. The van der Waals surface area contributed by atoms with Gasteiger partial charge in [-0.05, 0) is 31.5 Å². The van der Waals surface area contributed by atoms with Gasteiger partial charge in [0, 0.05) is 29.8 Å². The lowest BCUT2D eigenvalue weighted by atomic mass is 9.98. The summed E-state index contributed by atoms with van der Waals surface area (Å²) in [4.78, 5) is 25.7. The van der Waals surface area contributed by atoms with Crippen molar-refractivity contribution >= 4 is 50.7 Å². The summed E-state index contributed by atoms with van der Waals surface area (Å²) in [7, 11) is -2.43. The van der Waals surface area contributed by atoms with Crippen LogP contribution in [0.4, 0.5) is 20.8 Å². The third-order valence-corrected chi connectivity index (χ3v) is 8.69. The van der Waals surface area contributed by atoms with Gasteiger partial charge < -0.3 is 15.4 Å². The van der Waals surface area contributed by atoms with Crippen molar-refractivity contribution in [3.05, 3.63) is 40.2 Å². The van der Waals surface area contributed by atoms with Gasteiger partial charge in [-0.2, -0.15) is 0 Å². The molecule has 3 aromatic rings. The highest BCUT2D eigenvalue weighted by atomic mass is 35.5. The van der Waals surface area contributed by atoms with E-state index in [1.54, 1.807) is 26.1 Å². The third kappa shape index (κ3) is 7.99. The fraction of sp³-hybridized carbons (Fsp3) is 0.440. The van der Waals surface area contributed by atoms with Gasteiger partial charge in [0.2, 0.25) is 16.0 Å². The molecule has 0 aliphatic rings. The van der Waals surface area contributed by atoms with E-state index in [9.17, 15) is 17.6 Å². The molecular formula is C25H32ClFN6O4S2. The Morgan fingerprint density at radius 2 is 1.97 bits per heavy atom. The topological polar surface area (TPSA) is 135 Å². The number of thiazole rings is 1. The average Bonchev–Trinajstić information content (AvgIpc) is 3.30. The molecule has 0 fully saturated rings. The number of alkyl carbamates (subject to hydrolysis) is 1. The van der Waals surface area contributed by atoms with Crippen LogP contribution in [0.3, 0.4) is 0 Å². The van der Waals surface area contributed by atoms with Crippen LogP contribution in [0.2, 0.25) is 5.02 Å². The first kappa shape index (κ1) is 30.5. The number of benzene rings is 1. The summed E-state index contributed by atoms with van der Waals surface area (Å²) >= 11 is 8.03. The molecule has 1 aromatic carbocycles. The van der Waals surface area contributed by atoms with Crippen LogP contribution in [0, 0.1) is 5.82 Å². The molecule has 3 rings (SSSR count). The van der Waals surface area contributed by atoms with Gasteiger partial charge in [0.15, 0.2) is 0 Å². The fourth-order valence-corrected chi connectivity index (χ4v) is 5.99. The first-order valence-electron chi connectivity index (χ1n) is 12.2. The minimum absolute atomic E-state index is 0.0261. The molecule has 0 saturated heterocycles. The van der Waals surface area contributed by atoms with E-state index in [1.165, 1.54) is 24.5 Å². The molecule has 0 bridgehead atoms. The number of nitrogens with zero attached hydrogens (tertiary/aromatic N) is 3. The largest absolute Gasteiger partial charge is 0.453 e. The van der Waals surface area contributed by atoms with Gasteiger partial charge in [-0.3, -0.25) is 4.72 Å². The van der Waals surface area contributed by atoms with Crippen LogP contribution in [0.25, 0.3) is 21.8 Å². The molecule has 39 heavy (non-hydrogen) atoms. The van der Waals surface area contributed by atoms with E-state index < -0.39 is 21.9 Å². The van der Waals surface area contributed by atoms with E-state index in [0.29, 0.717) is 35.2 Å². The van der Waals surface area contributed by atoms with Crippen LogP contribution >= 0.6 is 22.9 Å². The first-order valence-corrected chi connectivity index (χ1v) is 15.0. The third-order valence-electron chi connectivity index (χ3n) is 5.30. The van der Waals surface area contributed by atoms with Gasteiger partial charge in [-0.1, -0.05) is 39.3 Å². The Bertz CT molecular complexity index is 1440. The lowest BCUT2D eigenvalue weighted by molar-refractivity contribution is 0.168. The standard InChI is InChI=1S/C25H32ClFN6O4S2/c1-7-10-39(35,36)33-18-12-15(27)11-16(19(18)26)20-21(38-22(32-20)25(3,4)5)17-8-9-28-23(31-17)29-13-14(2)30-24(34)37-6/h8-9,11-12,14,33H,7,10,13H2,1-6H3,(H,30,34)(H,28,29,31)/t14-/m0/s1. The monoisotopic (exact) mass is 598 g/mol. The molecule has 0 spiro atoms. The number of carbonyl (C=O) groups is 1. The molecular weight excluding hydrogens is 567 g/mol. The zero-order valence-electron chi connectivity index (χ0n) is 22.6. The molecule has 0 unspecified atom stereocenters. The minimum Gasteiger partial charge on any atom is -0.453 e. The second-order valence-electron chi connectivity index (χ2n) is 9.87. The smallest absolute Gasteiger partial charge is 0.407 e. The van der Waals surface area contributed by atoms with Gasteiger partial charge in [-0.15, -0.1) is 11.3 Å². The van der Waals surface area contributed by atoms with Gasteiger partial charge >= 0.3 is 6.09 Å². The number of nitrogens with one attached hydrogen (secondary N) is 3. The van der Waals surface area contributed by atoms with Crippen molar-refractivity contribution in [1.82, 2.24) is 20.3 Å². The Kier molecular flexibility index (Phi) is 9.73. The van der Waals surface area contributed by atoms with Crippen LogP contribution in [0.1, 0.15) is 46.0 Å². The molecule has 212 valence electrons. The first-order chi connectivity index (χ1) is 18.2. The van der Waals surface area contributed by atoms with E-state index >= 15 is 0 Å². The Hall–Kier alpha value is -3.03. The lowest BCUT2D eigenvalue weighted by Crippen LogP contribution is -2.37. The number of halogens is 2. The van der Waals surface area contributed by atoms with Crippen molar-refractivity contribution in [2.45, 2.75) is 52.5 Å². The molecule has 2 aromatic heterocycles. The number of anilines is 2. The summed E-state index contributed by atoms with van der Waals surface area (Å²) in [6.45, 7) is 9.86. The van der Waals surface area contributed by atoms with Crippen molar-refractivity contribution in [2.24, 2.45) is 0 Å². The maximum absolute atomic E-state index is 14.8. The summed E-state index contributed by atoms with van der Waals surface area (Å²) in [5.74, 6) is -0.492. The van der Waals surface area contributed by atoms with E-state index in [4.69, 9.17) is 16.6 Å². The average molecular weight is 599 g/mol. The predicted octanol–water partition coefficient (Wildman–Crippen LogP) is 5.67. The van der Waals surface area contributed by atoms with Crippen LogP contribution in [-0.2, 0) is 20.2 Å². The summed E-state index contributed by atoms with van der Waals surface area (Å²) in [5.41, 5.74) is 0.713. The highest BCUT2D eigenvalue weighted by molar-refractivity contribution is 7.92. The SMILES string of the molecule is CCCS(=O)(=O)Nc1cc(F)cc(-c2nc(C(C)(C)C)sc2-c2ccnc(NC[C@H](C)NC(=O)OC)n2)c1Cl. The molecule has 0 saturated carbocycles. The van der Waals surface area contributed by atoms with Crippen molar-refractivity contribution < 1.29 is 22.3 Å². The number of carbonyl (C=O) groups excluding carboxylic acids is 1. The zero-order valence-corrected chi connectivity index (χ0v) is 24.9. The van der Waals surface area contributed by atoms with Crippen molar-refractivity contribution in [1.29, 1.82) is 0 Å². The maximum atomic E-state index is 14.8. The predicted molar refractivity (Wildman–Crippen MR) is 153 cm³/mol. The Balaban J connectivity index is 2.06. The summed E-state index contributed by atoms with van der Waals surface area (Å²) in [6, 6.07) is 3.71. The molecule has 1 amide bonds. The van der Waals surface area contributed by atoms with Crippen LogP contribution in [0.5, 0.6) is 0 Å². The zero-order chi connectivity index (χ0) is 29.0. The highest BCUT2D eigenvalue weighted by Gasteiger charge is 2.27. The molecule has 2 heterocycles. The van der Waals surface area contributed by atoms with Gasteiger partial charge in [0.05, 0.1) is 44.8 Å². The number of rotatable bonds is 10.